The summed E-state index contributed by atoms with van der Waals surface area (Å²) in [6, 6.07) is 2.15. The minimum absolute atomic E-state index is 0.570. The lowest BCUT2D eigenvalue weighted by Gasteiger charge is -2.14. The van der Waals surface area contributed by atoms with Crippen molar-refractivity contribution >= 4 is 45.2 Å². The molecule has 0 aliphatic heterocycles. The molecule has 0 heterocycles. The van der Waals surface area contributed by atoms with Crippen molar-refractivity contribution in [1.29, 1.82) is 0 Å². The number of benzene rings is 1. The first-order chi connectivity index (χ1) is 8.57. The highest BCUT2D eigenvalue weighted by Gasteiger charge is 2.11. The Morgan fingerprint density at radius 3 is 2.39 bits per heavy atom. The van der Waals surface area contributed by atoms with Gasteiger partial charge in [-0.1, -0.05) is 0 Å². The molecule has 0 bridgehead atoms. The Morgan fingerprint density at radius 1 is 1.06 bits per heavy atom. The Bertz CT molecular complexity index is 394. The van der Waals surface area contributed by atoms with Crippen LogP contribution in [0.4, 0.5) is 0 Å². The van der Waals surface area contributed by atoms with Crippen LogP contribution in [0.25, 0.3) is 0 Å². The Labute approximate surface area is 136 Å². The number of hydrogen-bond donors (Lipinski definition) is 0. The van der Waals surface area contributed by atoms with E-state index in [1.165, 1.54) is 18.3 Å². The van der Waals surface area contributed by atoms with E-state index in [4.69, 9.17) is 14.2 Å². The molecule has 0 unspecified atom stereocenters. The lowest BCUT2D eigenvalue weighted by Crippen LogP contribution is -2.11. The summed E-state index contributed by atoms with van der Waals surface area (Å²) in [5, 5.41) is 0. The van der Waals surface area contributed by atoms with E-state index in [1.807, 2.05) is 0 Å². The number of rotatable bonds is 7. The van der Waals surface area contributed by atoms with Gasteiger partial charge in [0.1, 0.15) is 12.4 Å². The summed E-state index contributed by atoms with van der Waals surface area (Å²) >= 11 is 4.69. The van der Waals surface area contributed by atoms with E-state index in [9.17, 15) is 0 Å². The lowest BCUT2D eigenvalue weighted by molar-refractivity contribution is 0.0541. The summed E-state index contributed by atoms with van der Waals surface area (Å²) in [5.41, 5.74) is 2.45. The van der Waals surface area contributed by atoms with Crippen molar-refractivity contribution in [2.24, 2.45) is 0 Å². The van der Waals surface area contributed by atoms with Crippen LogP contribution in [0.5, 0.6) is 5.75 Å². The van der Waals surface area contributed by atoms with Crippen molar-refractivity contribution in [1.82, 2.24) is 0 Å². The van der Waals surface area contributed by atoms with Gasteiger partial charge in [0, 0.05) is 10.7 Å². The number of ether oxygens (including phenoxy) is 3. The van der Waals surface area contributed by atoms with Crippen LogP contribution < -0.4 is 4.74 Å². The van der Waals surface area contributed by atoms with Crippen LogP contribution in [0.2, 0.25) is 0 Å². The molecule has 0 saturated carbocycles. The number of aryl methyl sites for hydroxylation is 1. The van der Waals surface area contributed by atoms with Gasteiger partial charge >= 0.3 is 0 Å². The van der Waals surface area contributed by atoms with Crippen molar-refractivity contribution in [3.05, 3.63) is 24.3 Å². The first-order valence-corrected chi connectivity index (χ1v) is 7.88. The zero-order chi connectivity index (χ0) is 13.5. The standard InChI is InChI=1S/C13H18I2O3/c1-9-8-11(14)10(2)12(15)13(9)18-7-6-17-5-4-16-3/h8H,4-7H2,1-3H3. The number of hydrogen-bond acceptors (Lipinski definition) is 3. The van der Waals surface area contributed by atoms with Gasteiger partial charge in [-0.15, -0.1) is 0 Å². The Balaban J connectivity index is 2.50. The van der Waals surface area contributed by atoms with E-state index in [2.05, 4.69) is 65.1 Å². The molecule has 0 N–H and O–H groups in total. The van der Waals surface area contributed by atoms with Crippen LogP contribution in [0, 0.1) is 21.0 Å². The summed E-state index contributed by atoms with van der Waals surface area (Å²) in [6.07, 6.45) is 0. The number of methoxy groups -OCH3 is 1. The Morgan fingerprint density at radius 2 is 1.72 bits per heavy atom. The maximum Gasteiger partial charge on any atom is 0.135 e. The molecular weight excluding hydrogens is 458 g/mol. The van der Waals surface area contributed by atoms with Crippen molar-refractivity contribution < 1.29 is 14.2 Å². The van der Waals surface area contributed by atoms with E-state index in [-0.39, 0.29) is 0 Å². The molecule has 0 amide bonds. The maximum atomic E-state index is 5.81. The van der Waals surface area contributed by atoms with Gasteiger partial charge in [-0.3, -0.25) is 0 Å². The maximum absolute atomic E-state index is 5.81. The Hall–Kier alpha value is 0.400. The molecule has 0 aliphatic rings. The topological polar surface area (TPSA) is 27.7 Å². The average Bonchev–Trinajstić information content (AvgIpc) is 2.34. The van der Waals surface area contributed by atoms with E-state index < -0.39 is 0 Å². The van der Waals surface area contributed by atoms with Crippen LogP contribution in [-0.2, 0) is 9.47 Å². The van der Waals surface area contributed by atoms with Crippen LogP contribution in [-0.4, -0.2) is 33.5 Å². The first kappa shape index (κ1) is 16.5. The second-order valence-electron chi connectivity index (χ2n) is 3.90. The van der Waals surface area contributed by atoms with E-state index >= 15 is 0 Å². The molecule has 0 aromatic heterocycles. The molecule has 0 aliphatic carbocycles. The van der Waals surface area contributed by atoms with Crippen LogP contribution in [0.15, 0.2) is 6.07 Å². The van der Waals surface area contributed by atoms with E-state index in [1.54, 1.807) is 7.11 Å². The lowest BCUT2D eigenvalue weighted by atomic mass is 10.1. The summed E-state index contributed by atoms with van der Waals surface area (Å²) in [4.78, 5) is 0. The zero-order valence-electron chi connectivity index (χ0n) is 10.9. The van der Waals surface area contributed by atoms with Crippen molar-refractivity contribution in [3.63, 3.8) is 0 Å². The highest BCUT2D eigenvalue weighted by atomic mass is 127. The highest BCUT2D eigenvalue weighted by molar-refractivity contribution is 14.1. The largest absolute Gasteiger partial charge is 0.490 e. The van der Waals surface area contributed by atoms with Gasteiger partial charge in [0.2, 0.25) is 0 Å². The van der Waals surface area contributed by atoms with Crippen LogP contribution >= 0.6 is 45.2 Å². The fraction of sp³-hybridized carbons (Fsp3) is 0.538. The molecule has 1 aromatic rings. The molecule has 5 heteroatoms. The molecular formula is C13H18I2O3. The quantitative estimate of drug-likeness (QED) is 0.446. The molecule has 3 nitrogen and oxygen atoms in total. The average molecular weight is 476 g/mol. The molecule has 0 radical (unpaired) electrons. The van der Waals surface area contributed by atoms with Gasteiger partial charge in [-0.25, -0.2) is 0 Å². The molecule has 0 saturated heterocycles. The van der Waals surface area contributed by atoms with Crippen molar-refractivity contribution in [2.75, 3.05) is 33.5 Å². The van der Waals surface area contributed by atoms with E-state index in [0.717, 1.165) is 5.75 Å². The molecule has 1 rings (SSSR count). The minimum Gasteiger partial charge on any atom is -0.490 e. The molecule has 1 aromatic carbocycles. The van der Waals surface area contributed by atoms with Gasteiger partial charge in [-0.05, 0) is 76.2 Å². The predicted octanol–water partition coefficient (Wildman–Crippen LogP) is 3.55. The second-order valence-corrected chi connectivity index (χ2v) is 6.14. The molecule has 102 valence electrons. The monoisotopic (exact) mass is 476 g/mol. The molecule has 0 fully saturated rings. The minimum atomic E-state index is 0.570. The van der Waals surface area contributed by atoms with Crippen molar-refractivity contribution in [2.45, 2.75) is 13.8 Å². The molecule has 0 spiro atoms. The highest BCUT2D eigenvalue weighted by Crippen LogP contribution is 2.31. The summed E-state index contributed by atoms with van der Waals surface area (Å²) < 4.78 is 18.6. The summed E-state index contributed by atoms with van der Waals surface area (Å²) in [7, 11) is 1.67. The number of halogens is 2. The normalized spacial score (nSPS) is 10.7. The smallest absolute Gasteiger partial charge is 0.135 e. The van der Waals surface area contributed by atoms with Gasteiger partial charge in [0.15, 0.2) is 0 Å². The fourth-order valence-corrected chi connectivity index (χ4v) is 3.56. The van der Waals surface area contributed by atoms with Crippen LogP contribution in [0.3, 0.4) is 0 Å². The third kappa shape index (κ3) is 4.82. The van der Waals surface area contributed by atoms with Crippen molar-refractivity contribution in [3.8, 4) is 5.75 Å². The van der Waals surface area contributed by atoms with Gasteiger partial charge < -0.3 is 14.2 Å². The van der Waals surface area contributed by atoms with Gasteiger partial charge in [0.25, 0.3) is 0 Å². The fourth-order valence-electron chi connectivity index (χ4n) is 1.44. The third-order valence-corrected chi connectivity index (χ3v) is 4.91. The molecule has 0 atom stereocenters. The second kappa shape index (κ2) is 8.55. The zero-order valence-corrected chi connectivity index (χ0v) is 15.2. The predicted molar refractivity (Wildman–Crippen MR) is 89.5 cm³/mol. The summed E-state index contributed by atoms with van der Waals surface area (Å²) in [6.45, 7) is 6.58. The van der Waals surface area contributed by atoms with Gasteiger partial charge in [0.05, 0.1) is 23.4 Å². The SMILES string of the molecule is COCCOCCOc1c(C)cc(I)c(C)c1I. The third-order valence-electron chi connectivity index (χ3n) is 2.49. The first-order valence-electron chi connectivity index (χ1n) is 5.72. The van der Waals surface area contributed by atoms with Crippen LogP contribution in [0.1, 0.15) is 11.1 Å². The Kier molecular flexibility index (Phi) is 7.81. The van der Waals surface area contributed by atoms with Gasteiger partial charge in [-0.2, -0.15) is 0 Å². The van der Waals surface area contributed by atoms with E-state index in [0.29, 0.717) is 26.4 Å². The summed E-state index contributed by atoms with van der Waals surface area (Å²) in [5.74, 6) is 0.976. The molecule has 18 heavy (non-hydrogen) atoms.